The van der Waals surface area contributed by atoms with Gasteiger partial charge >= 0.3 is 0 Å². The Balaban J connectivity index is 2.60. The molecule has 0 saturated heterocycles. The molecule has 1 atom stereocenters. The monoisotopic (exact) mass is 283 g/mol. The van der Waals surface area contributed by atoms with E-state index < -0.39 is 5.41 Å². The van der Waals surface area contributed by atoms with Crippen LogP contribution in [-0.2, 0) is 10.2 Å². The van der Waals surface area contributed by atoms with E-state index in [2.05, 4.69) is 63.2 Å². The van der Waals surface area contributed by atoms with Gasteiger partial charge in [0, 0.05) is 0 Å². The van der Waals surface area contributed by atoms with E-state index in [0.717, 1.165) is 18.5 Å². The van der Waals surface area contributed by atoms with Crippen LogP contribution >= 0.6 is 0 Å². The first-order valence-corrected chi connectivity index (χ1v) is 7.60. The zero-order valence-electron chi connectivity index (χ0n) is 13.5. The summed E-state index contributed by atoms with van der Waals surface area (Å²) in [5.41, 5.74) is 0.734. The highest BCUT2D eigenvalue weighted by Crippen LogP contribution is 2.38. The summed E-state index contributed by atoms with van der Waals surface area (Å²) >= 11 is 0. The zero-order chi connectivity index (χ0) is 15.5. The van der Waals surface area contributed by atoms with Gasteiger partial charge in [-0.2, -0.15) is 0 Å². The lowest BCUT2D eigenvalue weighted by Gasteiger charge is -2.35. The number of carbonyl (C=O) groups excluding carboxylic acids is 1. The highest BCUT2D eigenvalue weighted by Gasteiger charge is 2.36. The predicted molar refractivity (Wildman–Crippen MR) is 89.7 cm³/mol. The van der Waals surface area contributed by atoms with Gasteiger partial charge in [-0.3, -0.25) is 0 Å². The largest absolute Gasteiger partial charge is 0.309 e. The fourth-order valence-corrected chi connectivity index (χ4v) is 3.03. The van der Waals surface area contributed by atoms with E-state index in [1.54, 1.807) is 0 Å². The molecule has 2 rings (SSSR count). The highest BCUT2D eigenvalue weighted by atomic mass is 16.1. The van der Waals surface area contributed by atoms with Crippen LogP contribution in [-0.4, -0.2) is 31.8 Å². The normalized spacial score (nSPS) is 14.6. The van der Waals surface area contributed by atoms with Gasteiger partial charge in [0.15, 0.2) is 0 Å². The van der Waals surface area contributed by atoms with Crippen molar-refractivity contribution in [3.05, 3.63) is 48.0 Å². The van der Waals surface area contributed by atoms with Gasteiger partial charge in [0.05, 0.1) is 5.41 Å². The molecular formula is C19H25NO. The van der Waals surface area contributed by atoms with Crippen LogP contribution in [0, 0.1) is 5.92 Å². The minimum absolute atomic E-state index is 0.265. The Morgan fingerprint density at radius 2 is 1.76 bits per heavy atom. The first kappa shape index (κ1) is 15.7. The Morgan fingerprint density at radius 1 is 1.10 bits per heavy atom. The van der Waals surface area contributed by atoms with Gasteiger partial charge in [0.1, 0.15) is 6.29 Å². The van der Waals surface area contributed by atoms with Gasteiger partial charge in [0.25, 0.3) is 0 Å². The topological polar surface area (TPSA) is 20.3 Å². The molecule has 0 aromatic heterocycles. The molecule has 0 fully saturated rings. The summed E-state index contributed by atoms with van der Waals surface area (Å²) in [6, 6.07) is 14.6. The summed E-state index contributed by atoms with van der Waals surface area (Å²) < 4.78 is 0. The molecule has 0 N–H and O–H groups in total. The lowest BCUT2D eigenvalue weighted by molar-refractivity contribution is -0.114. The van der Waals surface area contributed by atoms with Crippen molar-refractivity contribution in [2.45, 2.75) is 25.7 Å². The molecule has 0 radical (unpaired) electrons. The van der Waals surface area contributed by atoms with E-state index in [1.165, 1.54) is 17.1 Å². The minimum atomic E-state index is -0.425. The van der Waals surface area contributed by atoms with E-state index in [0.29, 0.717) is 0 Å². The van der Waals surface area contributed by atoms with Gasteiger partial charge in [-0.1, -0.05) is 56.3 Å². The zero-order valence-corrected chi connectivity index (χ0v) is 13.5. The molecule has 2 heteroatoms. The van der Waals surface area contributed by atoms with Crippen molar-refractivity contribution in [1.29, 1.82) is 0 Å². The predicted octanol–water partition coefficient (Wildman–Crippen LogP) is 3.88. The summed E-state index contributed by atoms with van der Waals surface area (Å²) in [5, 5.41) is 2.39. The number of hydrogen-bond acceptors (Lipinski definition) is 2. The molecule has 0 heterocycles. The molecule has 2 nitrogen and oxygen atoms in total. The SMILES string of the molecule is CC(C)C(C=O)(CCN(C)C)c1cccc2ccccc12. The average Bonchev–Trinajstić information content (AvgIpc) is 2.48. The molecule has 0 bridgehead atoms. The maximum Gasteiger partial charge on any atom is 0.130 e. The fraction of sp³-hybridized carbons (Fsp3) is 0.421. The van der Waals surface area contributed by atoms with Gasteiger partial charge in [-0.25, -0.2) is 0 Å². The van der Waals surface area contributed by atoms with Gasteiger partial charge in [-0.15, -0.1) is 0 Å². The number of benzene rings is 2. The maximum absolute atomic E-state index is 12.1. The van der Waals surface area contributed by atoms with E-state index >= 15 is 0 Å². The van der Waals surface area contributed by atoms with Crippen molar-refractivity contribution in [2.24, 2.45) is 5.92 Å². The number of nitrogens with zero attached hydrogens (tertiary/aromatic N) is 1. The molecule has 0 amide bonds. The van der Waals surface area contributed by atoms with Crippen molar-refractivity contribution in [2.75, 3.05) is 20.6 Å². The summed E-state index contributed by atoms with van der Waals surface area (Å²) in [6.45, 7) is 5.19. The van der Waals surface area contributed by atoms with Crippen LogP contribution in [0.15, 0.2) is 42.5 Å². The fourth-order valence-electron chi connectivity index (χ4n) is 3.03. The summed E-state index contributed by atoms with van der Waals surface area (Å²) in [7, 11) is 4.11. The molecule has 21 heavy (non-hydrogen) atoms. The number of rotatable bonds is 6. The van der Waals surface area contributed by atoms with Crippen LogP contribution in [0.2, 0.25) is 0 Å². The molecule has 0 aliphatic heterocycles. The van der Waals surface area contributed by atoms with Crippen molar-refractivity contribution in [3.63, 3.8) is 0 Å². The molecule has 2 aromatic rings. The number of carbonyl (C=O) groups is 1. The average molecular weight is 283 g/mol. The van der Waals surface area contributed by atoms with Crippen molar-refractivity contribution < 1.29 is 4.79 Å². The third kappa shape index (κ3) is 3.01. The van der Waals surface area contributed by atoms with E-state index in [4.69, 9.17) is 0 Å². The minimum Gasteiger partial charge on any atom is -0.309 e. The number of fused-ring (bicyclic) bond motifs is 1. The van der Waals surface area contributed by atoms with Crippen LogP contribution in [0.3, 0.4) is 0 Å². The Kier molecular flexibility index (Phi) is 4.79. The lowest BCUT2D eigenvalue weighted by Crippen LogP contribution is -2.37. The van der Waals surface area contributed by atoms with E-state index in [1.807, 2.05) is 12.1 Å². The Hall–Kier alpha value is -1.67. The Morgan fingerprint density at radius 3 is 2.38 bits per heavy atom. The second-order valence-electron chi connectivity index (χ2n) is 6.39. The second-order valence-corrected chi connectivity index (χ2v) is 6.39. The van der Waals surface area contributed by atoms with Crippen LogP contribution in [0.25, 0.3) is 10.8 Å². The second kappa shape index (κ2) is 6.40. The van der Waals surface area contributed by atoms with Crippen molar-refractivity contribution in [3.8, 4) is 0 Å². The smallest absolute Gasteiger partial charge is 0.130 e. The van der Waals surface area contributed by atoms with E-state index in [9.17, 15) is 4.79 Å². The first-order chi connectivity index (χ1) is 10.0. The number of hydrogen-bond donors (Lipinski definition) is 0. The van der Waals surface area contributed by atoms with E-state index in [-0.39, 0.29) is 5.92 Å². The van der Waals surface area contributed by atoms with Gasteiger partial charge < -0.3 is 9.69 Å². The van der Waals surface area contributed by atoms with Crippen molar-refractivity contribution in [1.82, 2.24) is 4.90 Å². The Bertz CT molecular complexity index is 612. The maximum atomic E-state index is 12.1. The highest BCUT2D eigenvalue weighted by molar-refractivity contribution is 5.90. The number of aldehydes is 1. The lowest BCUT2D eigenvalue weighted by atomic mass is 9.69. The van der Waals surface area contributed by atoms with Crippen molar-refractivity contribution >= 4 is 17.1 Å². The van der Waals surface area contributed by atoms with Crippen LogP contribution in [0.5, 0.6) is 0 Å². The standard InChI is InChI=1S/C19H25NO/c1-15(2)19(14-21,12-13-20(3)4)18-11-7-9-16-8-5-6-10-17(16)18/h5-11,14-15H,12-13H2,1-4H3. The molecule has 0 spiro atoms. The summed E-state index contributed by atoms with van der Waals surface area (Å²) in [5.74, 6) is 0.265. The van der Waals surface area contributed by atoms with Gasteiger partial charge in [-0.05, 0) is 49.3 Å². The molecule has 0 saturated carbocycles. The summed E-state index contributed by atoms with van der Waals surface area (Å²) in [4.78, 5) is 14.3. The van der Waals surface area contributed by atoms with Crippen LogP contribution in [0.4, 0.5) is 0 Å². The van der Waals surface area contributed by atoms with Crippen LogP contribution < -0.4 is 0 Å². The third-order valence-corrected chi connectivity index (χ3v) is 4.50. The third-order valence-electron chi connectivity index (χ3n) is 4.50. The quantitative estimate of drug-likeness (QED) is 0.750. The molecule has 1 unspecified atom stereocenters. The first-order valence-electron chi connectivity index (χ1n) is 7.60. The molecule has 0 aliphatic rings. The molecule has 0 aliphatic carbocycles. The van der Waals surface area contributed by atoms with Gasteiger partial charge in [0.2, 0.25) is 0 Å². The van der Waals surface area contributed by atoms with Crippen LogP contribution in [0.1, 0.15) is 25.8 Å². The molecular weight excluding hydrogens is 258 g/mol. The molecule has 2 aromatic carbocycles. The summed E-state index contributed by atoms with van der Waals surface area (Å²) in [6.07, 6.45) is 2.01. The molecule has 112 valence electrons. The Labute approximate surface area is 127 Å².